The van der Waals surface area contributed by atoms with Crippen molar-refractivity contribution in [2.75, 3.05) is 0 Å². The lowest BCUT2D eigenvalue weighted by Crippen LogP contribution is -2.17. The highest BCUT2D eigenvalue weighted by atomic mass is 32.2. The number of amides is 1. The second-order valence-electron chi connectivity index (χ2n) is 1.60. The fourth-order valence-electron chi connectivity index (χ4n) is 0.499. The minimum atomic E-state index is -0.561. The van der Waals surface area contributed by atoms with E-state index in [2.05, 4.69) is 4.99 Å². The molecule has 1 unspecified atom stereocenters. The van der Waals surface area contributed by atoms with Crippen molar-refractivity contribution in [3.63, 3.8) is 0 Å². The van der Waals surface area contributed by atoms with Crippen molar-refractivity contribution in [2.45, 2.75) is 0 Å². The van der Waals surface area contributed by atoms with Crippen molar-refractivity contribution in [3.8, 4) is 0 Å². The molecule has 1 aliphatic rings. The molecule has 4 heteroatoms. The van der Waals surface area contributed by atoms with Gasteiger partial charge in [0, 0.05) is 12.3 Å². The topological polar surface area (TPSA) is 55.5 Å². The molecule has 10 heavy (non-hydrogen) atoms. The highest BCUT2D eigenvalue weighted by Crippen LogP contribution is 2.02. The summed E-state index contributed by atoms with van der Waals surface area (Å²) in [5.41, 5.74) is 5.05. The molecule has 0 aromatic heterocycles. The fraction of sp³-hybridized carbons (Fsp3) is 0. The first-order valence-corrected chi connectivity index (χ1v) is 4.04. The maximum absolute atomic E-state index is 10.6. The molecule has 1 rings (SSSR count). The first-order valence-electron chi connectivity index (χ1n) is 2.68. The minimum Gasteiger partial charge on any atom is -0.324 e. The number of allylic oxidation sites excluding steroid dienone is 1. The SMILES string of the molecule is NC(=O)[S+]1C=CC=NC=C1. The Morgan fingerprint density at radius 1 is 1.50 bits per heavy atom. The van der Waals surface area contributed by atoms with E-state index >= 15 is 0 Å². The van der Waals surface area contributed by atoms with Crippen LogP contribution in [0.3, 0.4) is 0 Å². The highest BCUT2D eigenvalue weighted by Gasteiger charge is 2.19. The summed E-state index contributed by atoms with van der Waals surface area (Å²) in [6, 6.07) is 0. The van der Waals surface area contributed by atoms with Gasteiger partial charge in [0.2, 0.25) is 0 Å². The average molecular weight is 155 g/mol. The molecule has 0 aromatic rings. The van der Waals surface area contributed by atoms with Crippen LogP contribution in [0, 0.1) is 0 Å². The van der Waals surface area contributed by atoms with Crippen LogP contribution in [0.25, 0.3) is 0 Å². The average Bonchev–Trinajstić information content (AvgIpc) is 2.12. The van der Waals surface area contributed by atoms with Gasteiger partial charge in [-0.15, -0.1) is 0 Å². The van der Waals surface area contributed by atoms with E-state index in [-0.39, 0.29) is 5.24 Å². The maximum atomic E-state index is 10.6. The summed E-state index contributed by atoms with van der Waals surface area (Å²) < 4.78 is 0. The zero-order valence-electron chi connectivity index (χ0n) is 5.23. The predicted molar refractivity (Wildman–Crippen MR) is 43.7 cm³/mol. The molecule has 0 radical (unpaired) electrons. The van der Waals surface area contributed by atoms with E-state index in [0.717, 1.165) is 0 Å². The van der Waals surface area contributed by atoms with E-state index in [9.17, 15) is 4.79 Å². The van der Waals surface area contributed by atoms with Crippen LogP contribution in [0.1, 0.15) is 0 Å². The second-order valence-corrected chi connectivity index (χ2v) is 3.29. The van der Waals surface area contributed by atoms with E-state index in [0.29, 0.717) is 0 Å². The number of aliphatic imine (C=N–C) groups is 1. The number of nitrogens with two attached hydrogens (primary N) is 1. The van der Waals surface area contributed by atoms with Gasteiger partial charge in [-0.05, 0) is 0 Å². The molecule has 1 heterocycles. The van der Waals surface area contributed by atoms with E-state index in [1.54, 1.807) is 29.3 Å². The van der Waals surface area contributed by atoms with Crippen LogP contribution in [0.2, 0.25) is 0 Å². The van der Waals surface area contributed by atoms with Crippen molar-refractivity contribution in [2.24, 2.45) is 10.7 Å². The molecule has 0 aliphatic carbocycles. The number of carbonyl (C=O) groups is 1. The van der Waals surface area contributed by atoms with E-state index < -0.39 is 10.9 Å². The molecule has 0 fully saturated rings. The molecular weight excluding hydrogens is 148 g/mol. The van der Waals surface area contributed by atoms with Gasteiger partial charge < -0.3 is 5.73 Å². The Balaban J connectivity index is 2.72. The number of hydrogen-bond donors (Lipinski definition) is 1. The van der Waals surface area contributed by atoms with Crippen molar-refractivity contribution < 1.29 is 4.79 Å². The largest absolute Gasteiger partial charge is 0.437 e. The molecule has 0 saturated heterocycles. The highest BCUT2D eigenvalue weighted by molar-refractivity contribution is 8.15. The summed E-state index contributed by atoms with van der Waals surface area (Å²) in [7, 11) is -0.561. The Bertz CT molecular complexity index is 204. The lowest BCUT2D eigenvalue weighted by Gasteiger charge is -1.84. The molecular formula is C6H7N2OS+. The first-order chi connectivity index (χ1) is 4.80. The summed E-state index contributed by atoms with van der Waals surface area (Å²) in [6.07, 6.45) is 4.91. The third kappa shape index (κ3) is 1.73. The van der Waals surface area contributed by atoms with Crippen LogP contribution in [0.4, 0.5) is 4.79 Å². The second kappa shape index (κ2) is 3.22. The van der Waals surface area contributed by atoms with Gasteiger partial charge in [-0.25, -0.2) is 4.79 Å². The van der Waals surface area contributed by atoms with Gasteiger partial charge in [0.05, 0.1) is 6.20 Å². The zero-order valence-corrected chi connectivity index (χ0v) is 6.04. The third-order valence-corrected chi connectivity index (χ3v) is 2.25. The molecule has 1 atom stereocenters. The molecule has 0 aromatic carbocycles. The number of rotatable bonds is 0. The van der Waals surface area contributed by atoms with Gasteiger partial charge in [-0.1, -0.05) is 0 Å². The predicted octanol–water partition coefficient (Wildman–Crippen LogP) is 0.753. The minimum absolute atomic E-state index is 0.321. The Morgan fingerprint density at radius 2 is 2.30 bits per heavy atom. The number of hydrogen-bond acceptors (Lipinski definition) is 2. The molecule has 1 amide bonds. The number of nitrogens with zero attached hydrogens (tertiary/aromatic N) is 1. The first kappa shape index (κ1) is 7.08. The summed E-state index contributed by atoms with van der Waals surface area (Å²) in [5, 5.41) is 3.09. The van der Waals surface area contributed by atoms with E-state index in [1.165, 1.54) is 0 Å². The van der Waals surface area contributed by atoms with Gasteiger partial charge in [0.1, 0.15) is 16.3 Å². The van der Waals surface area contributed by atoms with Crippen LogP contribution < -0.4 is 5.73 Å². The Morgan fingerprint density at radius 3 is 3.00 bits per heavy atom. The van der Waals surface area contributed by atoms with Crippen molar-refractivity contribution >= 4 is 22.3 Å². The van der Waals surface area contributed by atoms with Crippen molar-refractivity contribution in [3.05, 3.63) is 23.1 Å². The Labute approximate surface area is 61.7 Å². The van der Waals surface area contributed by atoms with Crippen LogP contribution in [0.5, 0.6) is 0 Å². The lowest BCUT2D eigenvalue weighted by molar-refractivity contribution is 0.267. The normalized spacial score (nSPS) is 22.6. The van der Waals surface area contributed by atoms with Crippen molar-refractivity contribution in [1.29, 1.82) is 0 Å². The van der Waals surface area contributed by atoms with Crippen LogP contribution >= 0.6 is 0 Å². The number of primary amides is 1. The van der Waals surface area contributed by atoms with Crippen LogP contribution in [-0.2, 0) is 10.9 Å². The molecule has 0 saturated carbocycles. The third-order valence-electron chi connectivity index (χ3n) is 0.923. The molecule has 2 N–H and O–H groups in total. The summed E-state index contributed by atoms with van der Waals surface area (Å²) in [4.78, 5) is 14.4. The molecule has 1 aliphatic heterocycles. The zero-order chi connectivity index (χ0) is 7.40. The Kier molecular flexibility index (Phi) is 2.28. The summed E-state index contributed by atoms with van der Waals surface area (Å²) in [5.74, 6) is 0. The van der Waals surface area contributed by atoms with E-state index in [1.807, 2.05) is 0 Å². The molecule has 0 spiro atoms. The lowest BCUT2D eigenvalue weighted by atomic mass is 10.7. The van der Waals surface area contributed by atoms with Gasteiger partial charge in [-0.2, -0.15) is 0 Å². The summed E-state index contributed by atoms with van der Waals surface area (Å²) in [6.45, 7) is 0. The van der Waals surface area contributed by atoms with Gasteiger partial charge in [0.25, 0.3) is 0 Å². The maximum Gasteiger partial charge on any atom is 0.437 e. The van der Waals surface area contributed by atoms with Gasteiger partial charge >= 0.3 is 5.24 Å². The van der Waals surface area contributed by atoms with E-state index in [4.69, 9.17) is 5.73 Å². The monoisotopic (exact) mass is 155 g/mol. The Hall–Kier alpha value is -1.03. The molecule has 0 bridgehead atoms. The van der Waals surface area contributed by atoms with Gasteiger partial charge in [-0.3, -0.25) is 4.99 Å². The molecule has 52 valence electrons. The van der Waals surface area contributed by atoms with Crippen LogP contribution in [0.15, 0.2) is 28.1 Å². The van der Waals surface area contributed by atoms with Crippen LogP contribution in [-0.4, -0.2) is 11.5 Å². The molecule has 3 nitrogen and oxygen atoms in total. The standard InChI is InChI=1S/C6H6N2OS/c7-6(9)10-4-1-2-8-3-5-10/h1-5H,(H-,7,9)/p+1. The van der Waals surface area contributed by atoms with Crippen molar-refractivity contribution in [1.82, 2.24) is 0 Å². The fourth-order valence-corrected chi connectivity index (χ4v) is 1.30. The van der Waals surface area contributed by atoms with Gasteiger partial charge in [0.15, 0.2) is 5.41 Å². The summed E-state index contributed by atoms with van der Waals surface area (Å²) >= 11 is 0. The number of carbonyl (C=O) groups excluding carboxylic acids is 1. The smallest absolute Gasteiger partial charge is 0.324 e. The quantitative estimate of drug-likeness (QED) is 0.516.